The Hall–Kier alpha value is -5.74. The van der Waals surface area contributed by atoms with Crippen LogP contribution in [-0.2, 0) is 22.4 Å². The first-order valence-electron chi connectivity index (χ1n) is 13.5. The van der Waals surface area contributed by atoms with Crippen molar-refractivity contribution in [3.8, 4) is 23.6 Å². The van der Waals surface area contributed by atoms with Gasteiger partial charge in [-0.3, -0.25) is 0 Å². The van der Waals surface area contributed by atoms with Crippen molar-refractivity contribution in [2.75, 3.05) is 0 Å². The molecular formula is C32H24N6O4. The molecule has 0 radical (unpaired) electrons. The third kappa shape index (κ3) is 5.09. The average molecular weight is 557 g/mol. The largest absolute Gasteiger partial charge is 0.423 e. The van der Waals surface area contributed by atoms with Crippen LogP contribution in [0.15, 0.2) is 49.3 Å². The van der Waals surface area contributed by atoms with Gasteiger partial charge in [-0.2, -0.15) is 10.5 Å². The minimum atomic E-state index is -1.29. The van der Waals surface area contributed by atoms with Crippen molar-refractivity contribution in [1.29, 1.82) is 10.5 Å². The van der Waals surface area contributed by atoms with Crippen LogP contribution in [0, 0.1) is 22.7 Å². The molecule has 2 N–H and O–H groups in total. The van der Waals surface area contributed by atoms with Crippen LogP contribution < -0.4 is 9.47 Å². The molecule has 2 aliphatic carbocycles. The van der Waals surface area contributed by atoms with Crippen molar-refractivity contribution >= 4 is 35.2 Å². The zero-order chi connectivity index (χ0) is 29.1. The summed E-state index contributed by atoms with van der Waals surface area (Å²) >= 11 is 0. The number of nitrogens with zero attached hydrogens (tertiary/aromatic N) is 4. The number of imidazole rings is 2. The van der Waals surface area contributed by atoms with E-state index >= 15 is 0 Å². The maximum absolute atomic E-state index is 13.2. The van der Waals surface area contributed by atoms with Crippen molar-refractivity contribution in [1.82, 2.24) is 19.9 Å². The van der Waals surface area contributed by atoms with Gasteiger partial charge in [-0.25, -0.2) is 19.6 Å². The number of carbonyl (C=O) groups is 2. The first-order chi connectivity index (χ1) is 20.6. The first-order valence-corrected chi connectivity index (χ1v) is 13.5. The van der Waals surface area contributed by atoms with Gasteiger partial charge < -0.3 is 19.4 Å². The minimum absolute atomic E-state index is 0.0119. The van der Waals surface area contributed by atoms with E-state index in [9.17, 15) is 20.1 Å². The maximum Gasteiger partial charge on any atom is 0.423 e. The molecule has 2 aromatic heterocycles. The Bertz CT molecular complexity index is 1700. The molecule has 4 aromatic rings. The first kappa shape index (κ1) is 26.5. The van der Waals surface area contributed by atoms with Crippen LogP contribution in [0.2, 0.25) is 0 Å². The number of esters is 2. The normalized spacial score (nSPS) is 15.8. The Kier molecular flexibility index (Phi) is 7.19. The second-order valence-electron chi connectivity index (χ2n) is 10.0. The van der Waals surface area contributed by atoms with Crippen LogP contribution >= 0.6 is 0 Å². The summed E-state index contributed by atoms with van der Waals surface area (Å²) < 4.78 is 11.3. The second-order valence-corrected chi connectivity index (χ2v) is 10.0. The van der Waals surface area contributed by atoms with Crippen molar-refractivity contribution < 1.29 is 19.1 Å². The summed E-state index contributed by atoms with van der Waals surface area (Å²) in [4.78, 5) is 40.7. The summed E-state index contributed by atoms with van der Waals surface area (Å²) in [5, 5.41) is 19.7. The monoisotopic (exact) mass is 556 g/mol. The number of rotatable bonds is 4. The predicted octanol–water partition coefficient (Wildman–Crippen LogP) is 5.14. The Morgan fingerprint density at radius 2 is 1.17 bits per heavy atom. The van der Waals surface area contributed by atoms with Crippen molar-refractivity contribution in [2.24, 2.45) is 0 Å². The third-order valence-corrected chi connectivity index (χ3v) is 7.41. The highest BCUT2D eigenvalue weighted by atomic mass is 16.6. The van der Waals surface area contributed by atoms with E-state index in [2.05, 4.69) is 32.1 Å². The van der Waals surface area contributed by atoms with E-state index in [1.165, 1.54) is 0 Å². The molecule has 0 unspecified atom stereocenters. The average Bonchev–Trinajstić information content (AvgIpc) is 3.72. The summed E-state index contributed by atoms with van der Waals surface area (Å²) in [5.41, 5.74) is 6.48. The molecule has 0 aliphatic heterocycles. The van der Waals surface area contributed by atoms with Gasteiger partial charge in [-0.15, -0.1) is 0 Å². The van der Waals surface area contributed by atoms with E-state index in [0.717, 1.165) is 59.3 Å². The fourth-order valence-corrected chi connectivity index (χ4v) is 5.57. The SMILES string of the molecule is N#Cc1ccc2c(c1OC(=O)C(=O)Oc1c(C#N)ccc3c1C(=Cc1cnc[nH]1)CCC3)C(=Cc1cnc[nH]1)CCC2. The number of nitrogens with one attached hydrogen (secondary N) is 2. The third-order valence-electron chi connectivity index (χ3n) is 7.41. The molecule has 0 saturated carbocycles. The number of H-pyrrole nitrogens is 2. The lowest BCUT2D eigenvalue weighted by molar-refractivity contribution is -0.156. The van der Waals surface area contributed by atoms with Gasteiger partial charge >= 0.3 is 11.9 Å². The van der Waals surface area contributed by atoms with Crippen molar-refractivity contribution in [2.45, 2.75) is 38.5 Å². The number of hydrogen-bond donors (Lipinski definition) is 2. The van der Waals surface area contributed by atoms with Crippen molar-refractivity contribution in [3.05, 3.63) is 94.1 Å². The smallest absolute Gasteiger partial charge is 0.416 e. The van der Waals surface area contributed by atoms with Crippen LogP contribution in [0.4, 0.5) is 0 Å². The lowest BCUT2D eigenvalue weighted by atomic mass is 9.85. The Morgan fingerprint density at radius 3 is 1.55 bits per heavy atom. The fraction of sp³-hybridized carbons (Fsp3) is 0.188. The minimum Gasteiger partial charge on any atom is -0.416 e. The molecule has 6 rings (SSSR count). The molecule has 0 bridgehead atoms. The Balaban J connectivity index is 1.35. The molecule has 42 heavy (non-hydrogen) atoms. The number of aromatic nitrogens is 4. The van der Waals surface area contributed by atoms with Crippen LogP contribution in [0.3, 0.4) is 0 Å². The number of hydrogen-bond acceptors (Lipinski definition) is 8. The molecule has 10 nitrogen and oxygen atoms in total. The fourth-order valence-electron chi connectivity index (χ4n) is 5.57. The summed E-state index contributed by atoms with van der Waals surface area (Å²) in [5.74, 6) is -2.55. The Morgan fingerprint density at radius 1 is 0.714 bits per heavy atom. The van der Waals surface area contributed by atoms with Crippen LogP contribution in [0.5, 0.6) is 11.5 Å². The van der Waals surface area contributed by atoms with Crippen molar-refractivity contribution in [3.63, 3.8) is 0 Å². The summed E-state index contributed by atoms with van der Waals surface area (Å²) in [6.07, 6.45) is 14.8. The van der Waals surface area contributed by atoms with E-state index < -0.39 is 11.9 Å². The molecule has 0 fully saturated rings. The number of ether oxygens (including phenoxy) is 2. The molecule has 10 heteroatoms. The van der Waals surface area contributed by atoms with Gasteiger partial charge in [0.1, 0.15) is 12.1 Å². The zero-order valence-corrected chi connectivity index (χ0v) is 22.4. The zero-order valence-electron chi connectivity index (χ0n) is 22.4. The maximum atomic E-state index is 13.2. The molecule has 2 aromatic carbocycles. The topological polar surface area (TPSA) is 158 Å². The summed E-state index contributed by atoms with van der Waals surface area (Å²) in [6.45, 7) is 0. The standard InChI is InChI=1S/C32H24N6O4/c33-13-23-9-7-19-3-1-5-21(11-25-15-35-17-37-25)27(19)29(23)41-31(39)32(40)42-30-24(14-34)10-8-20-4-2-6-22(28(20)30)12-26-16-36-18-38-26/h7-12,15-18H,1-6H2,(H,35,37)(H,36,38). The molecule has 0 spiro atoms. The molecule has 206 valence electrons. The van der Waals surface area contributed by atoms with E-state index in [1.54, 1.807) is 37.2 Å². The number of fused-ring (bicyclic) bond motifs is 2. The highest BCUT2D eigenvalue weighted by molar-refractivity contribution is 6.31. The molecule has 0 atom stereocenters. The van der Waals surface area contributed by atoms with Crippen LogP contribution in [0.1, 0.15) is 70.5 Å². The van der Waals surface area contributed by atoms with Gasteiger partial charge in [0.2, 0.25) is 0 Å². The highest BCUT2D eigenvalue weighted by Gasteiger charge is 2.30. The van der Waals surface area contributed by atoms with E-state index in [0.29, 0.717) is 24.0 Å². The number of aromatic amines is 2. The number of benzene rings is 2. The van der Waals surface area contributed by atoms with Gasteiger partial charge in [0.25, 0.3) is 0 Å². The lowest BCUT2D eigenvalue weighted by Crippen LogP contribution is -2.27. The molecule has 2 heterocycles. The van der Waals surface area contributed by atoms with Crippen LogP contribution in [-0.4, -0.2) is 31.9 Å². The van der Waals surface area contributed by atoms with E-state index in [1.807, 2.05) is 24.3 Å². The van der Waals surface area contributed by atoms with Gasteiger partial charge in [0.05, 0.1) is 47.6 Å². The lowest BCUT2D eigenvalue weighted by Gasteiger charge is -2.23. The number of aryl methyl sites for hydroxylation is 2. The summed E-state index contributed by atoms with van der Waals surface area (Å²) in [6, 6.07) is 11.0. The van der Waals surface area contributed by atoms with Gasteiger partial charge in [0, 0.05) is 11.1 Å². The quantitative estimate of drug-likeness (QED) is 0.199. The Labute approximate surface area is 241 Å². The number of nitriles is 2. The number of allylic oxidation sites excluding steroid dienone is 2. The number of carbonyl (C=O) groups excluding carboxylic acids is 2. The highest BCUT2D eigenvalue weighted by Crippen LogP contribution is 2.42. The van der Waals surface area contributed by atoms with E-state index in [-0.39, 0.29) is 22.6 Å². The van der Waals surface area contributed by atoms with Gasteiger partial charge in [0.15, 0.2) is 11.5 Å². The van der Waals surface area contributed by atoms with Gasteiger partial charge in [-0.05, 0) is 85.1 Å². The molecular weight excluding hydrogens is 532 g/mol. The molecule has 0 saturated heterocycles. The van der Waals surface area contributed by atoms with Gasteiger partial charge in [-0.1, -0.05) is 12.1 Å². The summed E-state index contributed by atoms with van der Waals surface area (Å²) in [7, 11) is 0. The molecule has 0 amide bonds. The van der Waals surface area contributed by atoms with Crippen LogP contribution in [0.25, 0.3) is 23.3 Å². The second kappa shape index (κ2) is 11.4. The van der Waals surface area contributed by atoms with E-state index in [4.69, 9.17) is 9.47 Å². The molecule has 2 aliphatic rings. The predicted molar refractivity (Wildman–Crippen MR) is 152 cm³/mol.